The van der Waals surface area contributed by atoms with E-state index in [1.165, 1.54) is 11.1 Å². The Balaban J connectivity index is 1.28. The zero-order valence-electron chi connectivity index (χ0n) is 25.4. The molecule has 0 aliphatic rings. The molecule has 0 radical (unpaired) electrons. The summed E-state index contributed by atoms with van der Waals surface area (Å²) in [4.78, 5) is 6.90. The molecule has 0 aliphatic heterocycles. The molecule has 46 heavy (non-hydrogen) atoms. The van der Waals surface area contributed by atoms with Gasteiger partial charge >= 0.3 is 0 Å². The van der Waals surface area contributed by atoms with Gasteiger partial charge in [-0.2, -0.15) is 0 Å². The van der Waals surface area contributed by atoms with Gasteiger partial charge in [0.1, 0.15) is 22.7 Å². The van der Waals surface area contributed by atoms with E-state index in [1.807, 2.05) is 48.7 Å². The Labute approximate surface area is 267 Å². The lowest BCUT2D eigenvalue weighted by Crippen LogP contribution is -2.10. The van der Waals surface area contributed by atoms with Crippen molar-refractivity contribution in [3.05, 3.63) is 164 Å². The van der Waals surface area contributed by atoms with Crippen molar-refractivity contribution in [2.75, 3.05) is 4.90 Å². The van der Waals surface area contributed by atoms with Crippen molar-refractivity contribution in [2.45, 2.75) is 6.92 Å². The van der Waals surface area contributed by atoms with Crippen molar-refractivity contribution in [2.24, 2.45) is 0 Å². The number of aromatic nitrogens is 1. The van der Waals surface area contributed by atoms with Crippen LogP contribution in [0.2, 0.25) is 0 Å². The van der Waals surface area contributed by atoms with Crippen LogP contribution < -0.4 is 4.90 Å². The minimum Gasteiger partial charge on any atom is -0.456 e. The molecule has 0 spiro atoms. The number of pyridine rings is 1. The number of fused-ring (bicyclic) bond motifs is 2. The highest BCUT2D eigenvalue weighted by atomic mass is 16.4. The molecule has 0 saturated heterocycles. The van der Waals surface area contributed by atoms with Crippen LogP contribution in [0.15, 0.2) is 161 Å². The van der Waals surface area contributed by atoms with E-state index in [2.05, 4.69) is 120 Å². The molecule has 0 N–H and O–H groups in total. The molecule has 0 unspecified atom stereocenters. The van der Waals surface area contributed by atoms with Gasteiger partial charge in [-0.25, -0.2) is 0 Å². The van der Waals surface area contributed by atoms with Crippen molar-refractivity contribution in [1.82, 2.24) is 4.98 Å². The van der Waals surface area contributed by atoms with Crippen molar-refractivity contribution >= 4 is 45.1 Å². The first-order chi connectivity index (χ1) is 22.7. The molecular weight excluding hydrogens is 564 g/mol. The van der Waals surface area contributed by atoms with Gasteiger partial charge in [0.05, 0.1) is 11.3 Å². The molecule has 3 heterocycles. The Morgan fingerprint density at radius 2 is 1.28 bits per heavy atom. The maximum atomic E-state index is 6.55. The summed E-state index contributed by atoms with van der Waals surface area (Å²) in [6, 6.07) is 48.1. The maximum Gasteiger partial charge on any atom is 0.142 e. The normalized spacial score (nSPS) is 11.2. The summed E-state index contributed by atoms with van der Waals surface area (Å²) in [5.74, 6) is 1.50. The first kappa shape index (κ1) is 27.4. The van der Waals surface area contributed by atoms with E-state index in [4.69, 9.17) is 8.83 Å². The SMILES string of the molecule is C=Cc1oc2ccccc2c1-c1oc2ccc(N(c3ccc(-c4ccccc4)cc3)c3cccc(-c4ccccn4)c3)cc2c1C. The van der Waals surface area contributed by atoms with Crippen LogP contribution in [-0.2, 0) is 0 Å². The highest BCUT2D eigenvalue weighted by molar-refractivity contribution is 6.01. The Kier molecular flexibility index (Phi) is 6.81. The minimum atomic E-state index is 0.704. The number of anilines is 3. The number of rotatable bonds is 7. The molecule has 0 atom stereocenters. The molecule has 0 saturated carbocycles. The molecule has 0 bridgehead atoms. The lowest BCUT2D eigenvalue weighted by molar-refractivity contribution is 0.596. The van der Waals surface area contributed by atoms with E-state index in [-0.39, 0.29) is 0 Å². The molecular formula is C42H30N2O2. The average molecular weight is 595 g/mol. The lowest BCUT2D eigenvalue weighted by atomic mass is 10.0. The zero-order valence-corrected chi connectivity index (χ0v) is 25.4. The first-order valence-electron chi connectivity index (χ1n) is 15.3. The highest BCUT2D eigenvalue weighted by Crippen LogP contribution is 2.44. The quantitative estimate of drug-likeness (QED) is 0.184. The second kappa shape index (κ2) is 11.4. The van der Waals surface area contributed by atoms with Gasteiger partial charge in [0.15, 0.2) is 0 Å². The third-order valence-electron chi connectivity index (χ3n) is 8.51. The number of hydrogen-bond donors (Lipinski definition) is 0. The van der Waals surface area contributed by atoms with Crippen molar-refractivity contribution < 1.29 is 8.83 Å². The summed E-state index contributed by atoms with van der Waals surface area (Å²) in [6.45, 7) is 6.12. The number of nitrogens with zero attached hydrogens (tertiary/aromatic N) is 2. The Morgan fingerprint density at radius 3 is 2.09 bits per heavy atom. The number of hydrogen-bond acceptors (Lipinski definition) is 4. The van der Waals surface area contributed by atoms with Gasteiger partial charge in [-0.1, -0.05) is 85.4 Å². The van der Waals surface area contributed by atoms with Crippen molar-refractivity contribution in [3.8, 4) is 33.7 Å². The Morgan fingerprint density at radius 1 is 0.587 bits per heavy atom. The second-order valence-electron chi connectivity index (χ2n) is 11.3. The van der Waals surface area contributed by atoms with Crippen LogP contribution in [0.3, 0.4) is 0 Å². The van der Waals surface area contributed by atoms with Crippen molar-refractivity contribution in [3.63, 3.8) is 0 Å². The van der Waals surface area contributed by atoms with E-state index in [0.717, 1.165) is 67.1 Å². The van der Waals surface area contributed by atoms with Crippen molar-refractivity contribution in [1.29, 1.82) is 0 Å². The molecule has 220 valence electrons. The predicted molar refractivity (Wildman–Crippen MR) is 190 cm³/mol. The fourth-order valence-electron chi connectivity index (χ4n) is 6.25. The van der Waals surface area contributed by atoms with Crippen LogP contribution in [0.5, 0.6) is 0 Å². The van der Waals surface area contributed by atoms with Gasteiger partial charge < -0.3 is 13.7 Å². The van der Waals surface area contributed by atoms with Gasteiger partial charge in [0.2, 0.25) is 0 Å². The molecule has 0 amide bonds. The van der Waals surface area contributed by atoms with Gasteiger partial charge in [-0.15, -0.1) is 0 Å². The molecule has 0 aliphatic carbocycles. The van der Waals surface area contributed by atoms with Gasteiger partial charge in [-0.05, 0) is 84.8 Å². The Bertz CT molecular complexity index is 2330. The molecule has 4 nitrogen and oxygen atoms in total. The fourth-order valence-corrected chi connectivity index (χ4v) is 6.25. The minimum absolute atomic E-state index is 0.704. The summed E-state index contributed by atoms with van der Waals surface area (Å²) >= 11 is 0. The van der Waals surface area contributed by atoms with E-state index in [0.29, 0.717) is 5.76 Å². The van der Waals surface area contributed by atoms with Crippen LogP contribution in [-0.4, -0.2) is 4.98 Å². The molecule has 5 aromatic carbocycles. The van der Waals surface area contributed by atoms with Gasteiger partial charge in [0.25, 0.3) is 0 Å². The lowest BCUT2D eigenvalue weighted by Gasteiger charge is -2.26. The van der Waals surface area contributed by atoms with Crippen LogP contribution in [0, 0.1) is 6.92 Å². The molecule has 0 fully saturated rings. The topological polar surface area (TPSA) is 42.4 Å². The average Bonchev–Trinajstić information content (AvgIpc) is 3.66. The van der Waals surface area contributed by atoms with E-state index in [9.17, 15) is 0 Å². The molecule has 8 aromatic rings. The third kappa shape index (κ3) is 4.77. The third-order valence-corrected chi connectivity index (χ3v) is 8.51. The highest BCUT2D eigenvalue weighted by Gasteiger charge is 2.22. The van der Waals surface area contributed by atoms with Crippen LogP contribution in [0.1, 0.15) is 11.3 Å². The molecule has 3 aromatic heterocycles. The summed E-state index contributed by atoms with van der Waals surface area (Å²) in [7, 11) is 0. The maximum absolute atomic E-state index is 6.55. The van der Waals surface area contributed by atoms with Crippen LogP contribution in [0.25, 0.3) is 61.7 Å². The number of para-hydroxylation sites is 1. The van der Waals surface area contributed by atoms with E-state index >= 15 is 0 Å². The van der Waals surface area contributed by atoms with Gasteiger partial charge in [-0.3, -0.25) is 4.98 Å². The molecule has 8 rings (SSSR count). The number of furan rings is 2. The van der Waals surface area contributed by atoms with E-state index < -0.39 is 0 Å². The monoisotopic (exact) mass is 594 g/mol. The second-order valence-corrected chi connectivity index (χ2v) is 11.3. The molecule has 4 heteroatoms. The van der Waals surface area contributed by atoms with E-state index in [1.54, 1.807) is 6.08 Å². The number of benzene rings is 5. The largest absolute Gasteiger partial charge is 0.456 e. The number of aryl methyl sites for hydroxylation is 1. The standard InChI is InChI=1S/C42H30N2O2/c1-3-38-41(35-16-7-8-18-39(35)45-38)42-28(2)36-27-34(23-24-40(36)46-42)44(32-21-19-30(20-22-32)29-12-5-4-6-13-29)33-15-11-14-31(26-33)37-17-9-10-25-43-37/h3-27H,1H2,2H3. The van der Waals surface area contributed by atoms with Crippen LogP contribution in [0.4, 0.5) is 17.1 Å². The summed E-state index contributed by atoms with van der Waals surface area (Å²) in [5.41, 5.74) is 11.0. The Hall–Kier alpha value is -6.13. The smallest absolute Gasteiger partial charge is 0.142 e. The van der Waals surface area contributed by atoms with Gasteiger partial charge in [0, 0.05) is 45.2 Å². The summed E-state index contributed by atoms with van der Waals surface area (Å²) in [5, 5.41) is 2.05. The summed E-state index contributed by atoms with van der Waals surface area (Å²) < 4.78 is 12.7. The predicted octanol–water partition coefficient (Wildman–Crippen LogP) is 12.0. The zero-order chi connectivity index (χ0) is 31.0. The fraction of sp³-hybridized carbons (Fsp3) is 0.0238. The first-order valence-corrected chi connectivity index (χ1v) is 15.3. The van der Waals surface area contributed by atoms with Crippen LogP contribution >= 0.6 is 0 Å². The summed E-state index contributed by atoms with van der Waals surface area (Å²) in [6.07, 6.45) is 3.58.